The van der Waals surface area contributed by atoms with E-state index in [1.165, 1.54) is 0 Å². The summed E-state index contributed by atoms with van der Waals surface area (Å²) in [5, 5.41) is 0. The van der Waals surface area contributed by atoms with Gasteiger partial charge in [0, 0.05) is 13.1 Å². The number of nitrogens with two attached hydrogens (primary N) is 1. The zero-order chi connectivity index (χ0) is 8.65. The van der Waals surface area contributed by atoms with Gasteiger partial charge in [-0.2, -0.15) is 0 Å². The lowest BCUT2D eigenvalue weighted by atomic mass is 9.83. The maximum Gasteiger partial charge on any atom is 0.234 e. The first-order chi connectivity index (χ1) is 4.92. The summed E-state index contributed by atoms with van der Waals surface area (Å²) in [6.07, 6.45) is 0. The Morgan fingerprint density at radius 2 is 2.00 bits per heavy atom. The molecular weight excluding hydrogens is 140 g/mol. The van der Waals surface area contributed by atoms with Crippen LogP contribution in [0.25, 0.3) is 0 Å². The van der Waals surface area contributed by atoms with Gasteiger partial charge in [-0.15, -0.1) is 0 Å². The van der Waals surface area contributed by atoms with Crippen molar-refractivity contribution in [2.45, 2.75) is 26.8 Å². The van der Waals surface area contributed by atoms with Crippen LogP contribution in [-0.2, 0) is 4.79 Å². The fourth-order valence-corrected chi connectivity index (χ4v) is 1.51. The van der Waals surface area contributed by atoms with Gasteiger partial charge in [0.2, 0.25) is 5.91 Å². The third kappa shape index (κ3) is 1.71. The molecule has 0 spiro atoms. The zero-order valence-electron chi connectivity index (χ0n) is 7.42. The Bertz CT molecular complexity index is 169. The van der Waals surface area contributed by atoms with Gasteiger partial charge < -0.3 is 5.73 Å². The Morgan fingerprint density at radius 1 is 1.55 bits per heavy atom. The molecule has 0 bridgehead atoms. The fourth-order valence-electron chi connectivity index (χ4n) is 1.51. The van der Waals surface area contributed by atoms with Crippen LogP contribution in [0.2, 0.25) is 0 Å². The second-order valence-electron chi connectivity index (χ2n) is 4.15. The lowest BCUT2D eigenvalue weighted by Crippen LogP contribution is -2.59. The number of carbonyl (C=O) groups is 1. The van der Waals surface area contributed by atoms with Gasteiger partial charge in [-0.25, -0.2) is 0 Å². The van der Waals surface area contributed by atoms with E-state index in [2.05, 4.69) is 18.7 Å². The highest BCUT2D eigenvalue weighted by atomic mass is 16.1. The fraction of sp³-hybridized carbons (Fsp3) is 0.875. The average Bonchev–Trinajstić information content (AvgIpc) is 1.80. The van der Waals surface area contributed by atoms with Gasteiger partial charge >= 0.3 is 0 Å². The summed E-state index contributed by atoms with van der Waals surface area (Å²) in [4.78, 5) is 12.8. The Morgan fingerprint density at radius 3 is 2.27 bits per heavy atom. The largest absolute Gasteiger partial charge is 0.368 e. The molecule has 1 rings (SSSR count). The van der Waals surface area contributed by atoms with E-state index in [1.807, 2.05) is 6.92 Å². The number of hydrogen-bond donors (Lipinski definition) is 1. The number of amides is 1. The summed E-state index contributed by atoms with van der Waals surface area (Å²) in [5.41, 5.74) is 5.53. The highest BCUT2D eigenvalue weighted by Gasteiger charge is 2.38. The lowest BCUT2D eigenvalue weighted by molar-refractivity contribution is -0.127. The van der Waals surface area contributed by atoms with Crippen molar-refractivity contribution in [2.75, 3.05) is 13.1 Å². The summed E-state index contributed by atoms with van der Waals surface area (Å²) in [5.74, 6) is -0.222. The van der Waals surface area contributed by atoms with Crippen molar-refractivity contribution in [3.63, 3.8) is 0 Å². The van der Waals surface area contributed by atoms with Gasteiger partial charge in [-0.05, 0) is 12.3 Å². The Balaban J connectivity index is 2.38. The van der Waals surface area contributed by atoms with Crippen molar-refractivity contribution < 1.29 is 4.79 Å². The van der Waals surface area contributed by atoms with Crippen LogP contribution >= 0.6 is 0 Å². The molecule has 1 aliphatic heterocycles. The molecule has 3 nitrogen and oxygen atoms in total. The predicted molar refractivity (Wildman–Crippen MR) is 44.0 cm³/mol. The van der Waals surface area contributed by atoms with Crippen molar-refractivity contribution in [2.24, 2.45) is 11.1 Å². The normalized spacial score (nSPS) is 25.7. The molecule has 11 heavy (non-hydrogen) atoms. The van der Waals surface area contributed by atoms with Crippen molar-refractivity contribution in [3.8, 4) is 0 Å². The van der Waals surface area contributed by atoms with Crippen molar-refractivity contribution in [1.82, 2.24) is 4.90 Å². The summed E-state index contributed by atoms with van der Waals surface area (Å²) < 4.78 is 0. The van der Waals surface area contributed by atoms with Gasteiger partial charge in [0.25, 0.3) is 0 Å². The van der Waals surface area contributed by atoms with Crippen LogP contribution in [-0.4, -0.2) is 29.9 Å². The summed E-state index contributed by atoms with van der Waals surface area (Å²) in [7, 11) is 0. The number of likely N-dealkylation sites (tertiary alicyclic amines) is 1. The highest BCUT2D eigenvalue weighted by Crippen LogP contribution is 2.29. The summed E-state index contributed by atoms with van der Waals surface area (Å²) in [6, 6.07) is -0.0944. The third-order valence-electron chi connectivity index (χ3n) is 2.22. The molecule has 2 N–H and O–H groups in total. The second-order valence-corrected chi connectivity index (χ2v) is 4.15. The monoisotopic (exact) mass is 156 g/mol. The molecule has 1 atom stereocenters. The van der Waals surface area contributed by atoms with Gasteiger partial charge in [0.15, 0.2) is 0 Å². The topological polar surface area (TPSA) is 46.3 Å². The molecule has 0 aromatic carbocycles. The number of nitrogens with zero attached hydrogens (tertiary/aromatic N) is 1. The molecule has 1 amide bonds. The molecule has 1 aliphatic rings. The molecule has 0 saturated carbocycles. The molecule has 1 fully saturated rings. The molecule has 1 saturated heterocycles. The van der Waals surface area contributed by atoms with Crippen molar-refractivity contribution in [3.05, 3.63) is 0 Å². The number of primary amides is 1. The minimum atomic E-state index is -0.222. The molecule has 0 aromatic heterocycles. The molecule has 0 aliphatic carbocycles. The Hall–Kier alpha value is -0.570. The number of carbonyl (C=O) groups excluding carboxylic acids is 1. The van der Waals surface area contributed by atoms with E-state index in [-0.39, 0.29) is 11.9 Å². The number of rotatable bonds is 2. The molecule has 0 aromatic rings. The molecule has 1 unspecified atom stereocenters. The maximum atomic E-state index is 10.7. The van der Waals surface area contributed by atoms with E-state index in [1.54, 1.807) is 0 Å². The van der Waals surface area contributed by atoms with E-state index in [9.17, 15) is 4.79 Å². The van der Waals surface area contributed by atoms with Crippen molar-refractivity contribution >= 4 is 5.91 Å². The molecule has 0 radical (unpaired) electrons. The van der Waals surface area contributed by atoms with Crippen LogP contribution in [0.1, 0.15) is 20.8 Å². The first kappa shape index (κ1) is 8.53. The van der Waals surface area contributed by atoms with E-state index in [0.29, 0.717) is 5.41 Å². The standard InChI is InChI=1S/C8H16N2O/c1-6(7(9)11)10-4-8(2,3)5-10/h6H,4-5H2,1-3H3,(H2,9,11). The quantitative estimate of drug-likeness (QED) is 0.621. The maximum absolute atomic E-state index is 10.7. The van der Waals surface area contributed by atoms with Gasteiger partial charge in [-0.1, -0.05) is 13.8 Å². The number of hydrogen-bond acceptors (Lipinski definition) is 2. The third-order valence-corrected chi connectivity index (χ3v) is 2.22. The zero-order valence-corrected chi connectivity index (χ0v) is 7.42. The minimum absolute atomic E-state index is 0.0944. The lowest BCUT2D eigenvalue weighted by Gasteiger charge is -2.48. The van der Waals surface area contributed by atoms with Gasteiger partial charge in [0.05, 0.1) is 6.04 Å². The summed E-state index contributed by atoms with van der Waals surface area (Å²) >= 11 is 0. The van der Waals surface area contributed by atoms with Gasteiger partial charge in [0.1, 0.15) is 0 Å². The second kappa shape index (κ2) is 2.48. The summed E-state index contributed by atoms with van der Waals surface area (Å²) in [6.45, 7) is 8.21. The van der Waals surface area contributed by atoms with Crippen LogP contribution in [0, 0.1) is 5.41 Å². The molecular formula is C8H16N2O. The molecule has 3 heteroatoms. The van der Waals surface area contributed by atoms with Crippen LogP contribution in [0.4, 0.5) is 0 Å². The minimum Gasteiger partial charge on any atom is -0.368 e. The van der Waals surface area contributed by atoms with E-state index in [4.69, 9.17) is 5.73 Å². The molecule has 64 valence electrons. The predicted octanol–water partition coefficient (Wildman–Crippen LogP) is 0.202. The van der Waals surface area contributed by atoms with Crippen LogP contribution in [0.15, 0.2) is 0 Å². The average molecular weight is 156 g/mol. The van der Waals surface area contributed by atoms with Crippen LogP contribution < -0.4 is 5.73 Å². The molecule has 1 heterocycles. The smallest absolute Gasteiger partial charge is 0.234 e. The SMILES string of the molecule is CC(C(N)=O)N1CC(C)(C)C1. The first-order valence-corrected chi connectivity index (χ1v) is 3.96. The first-order valence-electron chi connectivity index (χ1n) is 3.96. The van der Waals surface area contributed by atoms with E-state index in [0.717, 1.165) is 13.1 Å². The van der Waals surface area contributed by atoms with Crippen LogP contribution in [0.5, 0.6) is 0 Å². The highest BCUT2D eigenvalue weighted by molar-refractivity contribution is 5.79. The van der Waals surface area contributed by atoms with E-state index < -0.39 is 0 Å². The van der Waals surface area contributed by atoms with E-state index >= 15 is 0 Å². The Kier molecular flexibility index (Phi) is 1.92. The van der Waals surface area contributed by atoms with Crippen molar-refractivity contribution in [1.29, 1.82) is 0 Å². The Labute approximate surface area is 67.5 Å². The van der Waals surface area contributed by atoms with Gasteiger partial charge in [-0.3, -0.25) is 9.69 Å². The van der Waals surface area contributed by atoms with Crippen LogP contribution in [0.3, 0.4) is 0 Å².